The number of likely N-dealkylation sites (tertiary alicyclic amines) is 1. The minimum atomic E-state index is -1.85. The van der Waals surface area contributed by atoms with E-state index in [-0.39, 0.29) is 88.5 Å². The fraction of sp³-hybridized carbons (Fsp3) is 0.508. The number of amides is 12. The Balaban J connectivity index is 1.25. The van der Waals surface area contributed by atoms with Crippen molar-refractivity contribution in [3.63, 3.8) is 0 Å². The van der Waals surface area contributed by atoms with Crippen LogP contribution in [-0.2, 0) is 81.6 Å². The van der Waals surface area contributed by atoms with Crippen LogP contribution in [0.1, 0.15) is 103 Å². The molecule has 2 aromatic heterocycles. The highest BCUT2D eigenvalue weighted by Gasteiger charge is 2.43. The van der Waals surface area contributed by atoms with Crippen LogP contribution < -0.4 is 65.3 Å². The molecule has 4 aromatic rings. The van der Waals surface area contributed by atoms with Gasteiger partial charge in [-0.1, -0.05) is 44.2 Å². The van der Waals surface area contributed by atoms with E-state index in [0.29, 0.717) is 39.2 Å². The van der Waals surface area contributed by atoms with Gasteiger partial charge in [-0.2, -0.15) is 5.06 Å². The standard InChI is InChI=1S/C61H86N18O16/c1-32(2)23-41(50(84)69-40(13-9-21-66-59(62)63)58(92)78-22-10-14-47(78)57(91)76-77-60(64)93)70-55(89)46(30-94-61(4,5)6)75-51(85)42(24-34-15-17-37(82)18-16-34)71-54(88)45(29-80)74-52(86)43(25-35-27-67-39-12-8-7-11-38(35)39)72-53(87)44(26-36-28-65-31-68-36)73-56(90)48-19-20-49(83)79(48)95-33(3)81/h7-8,11-12,15-18,27-28,31-32,40-48,67,80,82H,9-10,13-14,19-26,29-30H2,1-6H3,(H,65,68)(H,69,84)(H,70,89)(H,71,88)(H,72,87)(H,73,90)(H,74,86)(H,75,85)(H,76,91)(H4,62,63,66)(H3,64,77,93). The Morgan fingerprint density at radius 3 is 1.94 bits per heavy atom. The molecule has 2 saturated heterocycles. The number of hydroxylamine groups is 2. The van der Waals surface area contributed by atoms with Crippen LogP contribution in [0.3, 0.4) is 0 Å². The van der Waals surface area contributed by atoms with E-state index in [2.05, 4.69) is 62.6 Å². The molecule has 0 saturated carbocycles. The number of hydrogen-bond donors (Lipinski definition) is 16. The lowest BCUT2D eigenvalue weighted by Crippen LogP contribution is -2.62. The summed E-state index contributed by atoms with van der Waals surface area (Å²) in [6, 6.07) is -1.62. The van der Waals surface area contributed by atoms with Crippen molar-refractivity contribution in [1.82, 2.24) is 73.0 Å². The van der Waals surface area contributed by atoms with Gasteiger partial charge in [0.2, 0.25) is 47.3 Å². The molecule has 0 bridgehead atoms. The number of nitrogens with one attached hydrogen (secondary N) is 11. The van der Waals surface area contributed by atoms with Crippen LogP contribution in [0.25, 0.3) is 10.9 Å². The normalized spacial score (nSPS) is 16.8. The van der Waals surface area contributed by atoms with Gasteiger partial charge < -0.3 is 89.1 Å². The Morgan fingerprint density at radius 1 is 0.716 bits per heavy atom. The Morgan fingerprint density at radius 2 is 1.32 bits per heavy atom. The summed E-state index contributed by atoms with van der Waals surface area (Å²) in [6.45, 7) is 8.21. The van der Waals surface area contributed by atoms with Crippen LogP contribution in [0.15, 0.2) is 72.2 Å². The lowest BCUT2D eigenvalue weighted by Gasteiger charge is -2.31. The van der Waals surface area contributed by atoms with Crippen LogP contribution >= 0.6 is 0 Å². The van der Waals surface area contributed by atoms with Gasteiger partial charge in [0.1, 0.15) is 60.1 Å². The van der Waals surface area contributed by atoms with Crippen molar-refractivity contribution in [2.45, 2.75) is 166 Å². The number of phenolic OH excluding ortho intramolecular Hbond substituents is 1. The van der Waals surface area contributed by atoms with Gasteiger partial charge >= 0.3 is 12.0 Å². The van der Waals surface area contributed by atoms with E-state index in [1.807, 2.05) is 5.43 Å². The zero-order chi connectivity index (χ0) is 69.7. The molecule has 9 atom stereocenters. The predicted octanol–water partition coefficient (Wildman–Crippen LogP) is -2.92. The Bertz CT molecular complexity index is 3400. The maximum atomic E-state index is 14.8. The summed E-state index contributed by atoms with van der Waals surface area (Å²) < 4.78 is 6.03. The van der Waals surface area contributed by atoms with Crippen molar-refractivity contribution in [3.05, 3.63) is 84.1 Å². The number of aromatic nitrogens is 3. The van der Waals surface area contributed by atoms with Gasteiger partial charge in [-0.05, 0) is 94.5 Å². The summed E-state index contributed by atoms with van der Waals surface area (Å²) in [5, 5.41) is 40.7. The van der Waals surface area contributed by atoms with Gasteiger partial charge in [0, 0.05) is 74.7 Å². The molecule has 6 rings (SSSR count). The third kappa shape index (κ3) is 22.4. The van der Waals surface area contributed by atoms with Gasteiger partial charge in [0.15, 0.2) is 5.96 Å². The smallest absolute Gasteiger partial charge is 0.330 e. The summed E-state index contributed by atoms with van der Waals surface area (Å²) in [4.78, 5) is 185. The van der Waals surface area contributed by atoms with Gasteiger partial charge in [-0.25, -0.2) is 15.2 Å². The highest BCUT2D eigenvalue weighted by atomic mass is 16.7. The van der Waals surface area contributed by atoms with Crippen molar-refractivity contribution in [2.75, 3.05) is 26.3 Å². The van der Waals surface area contributed by atoms with Crippen LogP contribution in [0.5, 0.6) is 5.75 Å². The zero-order valence-corrected chi connectivity index (χ0v) is 53.7. The Hall–Kier alpha value is -10.4. The number of hydrazine groups is 1. The maximum absolute atomic E-state index is 14.8. The quantitative estimate of drug-likeness (QED) is 0.0101. The van der Waals surface area contributed by atoms with Gasteiger partial charge in [0.05, 0.1) is 25.1 Å². The minimum absolute atomic E-state index is 0.00920. The number of guanidine groups is 1. The number of nitrogens with zero attached hydrogens (tertiary/aromatic N) is 4. The number of nitrogens with two attached hydrogens (primary N) is 3. The minimum Gasteiger partial charge on any atom is -0.508 e. The largest absolute Gasteiger partial charge is 0.508 e. The number of ether oxygens (including phenoxy) is 1. The molecular weight excluding hydrogens is 1240 g/mol. The number of phenols is 1. The van der Waals surface area contributed by atoms with E-state index in [0.717, 1.165) is 6.92 Å². The predicted molar refractivity (Wildman–Crippen MR) is 339 cm³/mol. The zero-order valence-electron chi connectivity index (χ0n) is 53.7. The molecule has 0 spiro atoms. The molecule has 0 radical (unpaired) electrons. The molecule has 2 aliphatic heterocycles. The van der Waals surface area contributed by atoms with Crippen LogP contribution in [-0.4, -0.2) is 198 Å². The number of benzene rings is 2. The maximum Gasteiger partial charge on any atom is 0.330 e. The molecule has 516 valence electrons. The fourth-order valence-electron chi connectivity index (χ4n) is 10.6. The van der Waals surface area contributed by atoms with Crippen molar-refractivity contribution < 1.29 is 77.3 Å². The highest BCUT2D eigenvalue weighted by molar-refractivity contribution is 6.00. The number of aromatic amines is 2. The summed E-state index contributed by atoms with van der Waals surface area (Å²) in [5.41, 5.74) is 21.4. The van der Waals surface area contributed by atoms with E-state index >= 15 is 0 Å². The number of para-hydroxylation sites is 1. The highest BCUT2D eigenvalue weighted by Crippen LogP contribution is 2.24. The Labute approximate surface area is 546 Å². The third-order valence-electron chi connectivity index (χ3n) is 15.2. The number of imidazole rings is 1. The number of H-pyrrole nitrogens is 2. The van der Waals surface area contributed by atoms with Crippen LogP contribution in [0.4, 0.5) is 4.79 Å². The van der Waals surface area contributed by atoms with E-state index in [9.17, 15) is 67.7 Å². The second-order valence-electron chi connectivity index (χ2n) is 24.4. The van der Waals surface area contributed by atoms with Crippen LogP contribution in [0, 0.1) is 5.92 Å². The number of primary amides is 1. The number of aliphatic hydroxyl groups is 1. The molecule has 12 amide bonds. The summed E-state index contributed by atoms with van der Waals surface area (Å²) in [5.74, 6) is -10.3. The molecule has 0 aliphatic carbocycles. The topological polar surface area (TPSA) is 513 Å². The summed E-state index contributed by atoms with van der Waals surface area (Å²) >= 11 is 0. The molecule has 19 N–H and O–H groups in total. The number of fused-ring (bicyclic) bond motifs is 1. The number of aromatic hydroxyl groups is 1. The third-order valence-corrected chi connectivity index (χ3v) is 15.2. The van der Waals surface area contributed by atoms with Crippen molar-refractivity contribution in [1.29, 1.82) is 0 Å². The van der Waals surface area contributed by atoms with Gasteiger partial charge in [-0.15, -0.1) is 0 Å². The van der Waals surface area contributed by atoms with Crippen molar-refractivity contribution in [2.24, 2.45) is 28.1 Å². The molecule has 34 heteroatoms. The number of aliphatic hydroxyl groups excluding tert-OH is 1. The van der Waals surface area contributed by atoms with Crippen molar-refractivity contribution in [3.8, 4) is 5.75 Å². The molecular formula is C61H86N18O16. The first kappa shape index (κ1) is 73.7. The lowest BCUT2D eigenvalue weighted by atomic mass is 10.0. The van der Waals surface area contributed by atoms with Gasteiger partial charge in [0.25, 0.3) is 11.8 Å². The first-order valence-corrected chi connectivity index (χ1v) is 30.9. The second kappa shape index (κ2) is 34.5. The van der Waals surface area contributed by atoms with E-state index in [4.69, 9.17) is 26.8 Å². The van der Waals surface area contributed by atoms with E-state index in [1.54, 1.807) is 65.1 Å². The van der Waals surface area contributed by atoms with Crippen LogP contribution in [0.2, 0.25) is 0 Å². The average molecular weight is 1330 g/mol. The summed E-state index contributed by atoms with van der Waals surface area (Å²) in [7, 11) is 0. The van der Waals surface area contributed by atoms with E-state index in [1.165, 1.54) is 41.7 Å². The number of hydrogen-bond acceptors (Lipinski definition) is 18. The number of carbonyl (C=O) groups excluding carboxylic acids is 12. The molecule has 95 heavy (non-hydrogen) atoms. The Kier molecular flexibility index (Phi) is 26.8. The molecule has 9 unspecified atom stereocenters. The lowest BCUT2D eigenvalue weighted by molar-refractivity contribution is -0.199. The first-order chi connectivity index (χ1) is 45.0. The monoisotopic (exact) mass is 1330 g/mol. The molecule has 2 fully saturated rings. The molecule has 2 aromatic carbocycles. The molecule has 34 nitrogen and oxygen atoms in total. The first-order valence-electron chi connectivity index (χ1n) is 30.9. The number of aliphatic imine (C=N–C) groups is 1. The van der Waals surface area contributed by atoms with E-state index < -0.39 is 144 Å². The number of carbonyl (C=O) groups is 12. The number of rotatable bonds is 32. The van der Waals surface area contributed by atoms with Crippen molar-refractivity contribution >= 4 is 87.9 Å². The molecule has 2 aliphatic rings. The number of urea groups is 1. The molecule has 4 heterocycles. The summed E-state index contributed by atoms with van der Waals surface area (Å²) in [6.07, 6.45) is 4.07. The fourth-order valence-corrected chi connectivity index (χ4v) is 10.6. The second-order valence-corrected chi connectivity index (χ2v) is 24.4. The van der Waals surface area contributed by atoms with Gasteiger partial charge in [-0.3, -0.25) is 63.2 Å². The SMILES string of the molecule is CC(=O)ON1C(=O)CCC1C(=O)NC(Cc1cnc[nH]1)C(=O)NC(Cc1c[nH]c2ccccc12)C(=O)NC(CO)C(=O)NC(Cc1ccc(O)cc1)C(=O)NC(COC(C)(C)C)C(=O)NC(CC(C)C)C(=O)NC(CCCN=C(N)N)C(=O)N1CCCC1C(=O)NNC(N)=O. The average Bonchev–Trinajstić information content (AvgIpc) is 1.79.